The highest BCUT2D eigenvalue weighted by atomic mass is 16.5. The molecule has 0 N–H and O–H groups in total. The van der Waals surface area contributed by atoms with Crippen molar-refractivity contribution in [3.8, 4) is 11.1 Å². The molecule has 1 atom stereocenters. The van der Waals surface area contributed by atoms with Crippen molar-refractivity contribution < 1.29 is 4.74 Å². The number of piperidine rings is 1. The van der Waals surface area contributed by atoms with Gasteiger partial charge >= 0.3 is 0 Å². The minimum absolute atomic E-state index is 0.372. The Kier molecular flexibility index (Phi) is 6.13. The average Bonchev–Trinajstić information content (AvgIpc) is 2.86. The fourth-order valence-corrected chi connectivity index (χ4v) is 4.54. The van der Waals surface area contributed by atoms with Gasteiger partial charge in [-0.3, -0.25) is 14.9 Å². The maximum atomic E-state index is 5.52. The summed E-state index contributed by atoms with van der Waals surface area (Å²) in [5.41, 5.74) is 4.66. The minimum Gasteiger partial charge on any atom is -0.378 e. The molecule has 0 saturated carbocycles. The van der Waals surface area contributed by atoms with Gasteiger partial charge in [0.15, 0.2) is 0 Å². The Morgan fingerprint density at radius 1 is 0.968 bits per heavy atom. The van der Waals surface area contributed by atoms with Crippen LogP contribution in [0.3, 0.4) is 0 Å². The van der Waals surface area contributed by atoms with E-state index in [4.69, 9.17) is 14.7 Å². The van der Waals surface area contributed by atoms with Crippen molar-refractivity contribution in [3.63, 3.8) is 0 Å². The number of hydrogen-bond acceptors (Lipinski definition) is 7. The first kappa shape index (κ1) is 20.0. The van der Waals surface area contributed by atoms with Gasteiger partial charge in [0.2, 0.25) is 5.95 Å². The Labute approximate surface area is 183 Å². The van der Waals surface area contributed by atoms with Gasteiger partial charge in [0, 0.05) is 68.6 Å². The van der Waals surface area contributed by atoms with E-state index in [0.29, 0.717) is 5.92 Å². The Hall–Kier alpha value is -2.90. The first-order valence-corrected chi connectivity index (χ1v) is 11.1. The molecule has 7 nitrogen and oxygen atoms in total. The molecule has 2 aliphatic rings. The van der Waals surface area contributed by atoms with Crippen molar-refractivity contribution in [2.45, 2.75) is 25.3 Å². The summed E-state index contributed by atoms with van der Waals surface area (Å²) < 4.78 is 5.52. The Morgan fingerprint density at radius 2 is 1.84 bits per heavy atom. The van der Waals surface area contributed by atoms with Gasteiger partial charge in [-0.1, -0.05) is 6.07 Å². The van der Waals surface area contributed by atoms with Crippen molar-refractivity contribution in [1.29, 1.82) is 0 Å². The van der Waals surface area contributed by atoms with Gasteiger partial charge in [0.1, 0.15) is 0 Å². The lowest BCUT2D eigenvalue weighted by molar-refractivity contribution is 0.122. The fourth-order valence-electron chi connectivity index (χ4n) is 4.54. The summed E-state index contributed by atoms with van der Waals surface area (Å²) in [6, 6.07) is 8.26. The van der Waals surface area contributed by atoms with Crippen LogP contribution in [0.15, 0.2) is 55.2 Å². The SMILES string of the molecule is c1cncc(CN2CCCC(c3nc(N4CCOCC4)ncc3-c3ccncc3)C2)c1. The maximum Gasteiger partial charge on any atom is 0.225 e. The Bertz CT molecular complexity index is 978. The van der Waals surface area contributed by atoms with E-state index in [2.05, 4.69) is 25.8 Å². The Balaban J connectivity index is 1.44. The molecule has 0 bridgehead atoms. The normalized spacial score (nSPS) is 20.0. The second-order valence-corrected chi connectivity index (χ2v) is 8.24. The van der Waals surface area contributed by atoms with Crippen LogP contribution < -0.4 is 4.90 Å². The Morgan fingerprint density at radius 3 is 2.65 bits per heavy atom. The van der Waals surface area contributed by atoms with Crippen LogP contribution in [0, 0.1) is 0 Å². The topological polar surface area (TPSA) is 67.3 Å². The molecule has 5 rings (SSSR count). The predicted octanol–water partition coefficient (Wildman–Crippen LogP) is 3.15. The number of morpholine rings is 1. The highest BCUT2D eigenvalue weighted by Crippen LogP contribution is 2.34. The van der Waals surface area contributed by atoms with Crippen LogP contribution in [-0.4, -0.2) is 64.2 Å². The van der Waals surface area contributed by atoms with E-state index in [-0.39, 0.29) is 0 Å². The number of ether oxygens (including phenoxy) is 1. The number of nitrogens with zero attached hydrogens (tertiary/aromatic N) is 6. The van der Waals surface area contributed by atoms with Crippen LogP contribution in [0.1, 0.15) is 30.0 Å². The third kappa shape index (κ3) is 4.73. The molecule has 2 saturated heterocycles. The quantitative estimate of drug-likeness (QED) is 0.633. The van der Waals surface area contributed by atoms with Crippen LogP contribution >= 0.6 is 0 Å². The highest BCUT2D eigenvalue weighted by Gasteiger charge is 2.27. The summed E-state index contributed by atoms with van der Waals surface area (Å²) in [6.45, 7) is 6.16. The van der Waals surface area contributed by atoms with Crippen molar-refractivity contribution in [2.75, 3.05) is 44.3 Å². The molecular formula is C24H28N6O. The number of anilines is 1. The van der Waals surface area contributed by atoms with Gasteiger partial charge in [0.05, 0.1) is 18.9 Å². The van der Waals surface area contributed by atoms with Gasteiger partial charge in [-0.2, -0.15) is 0 Å². The molecule has 2 fully saturated rings. The monoisotopic (exact) mass is 416 g/mol. The van der Waals surface area contributed by atoms with E-state index in [0.717, 1.165) is 81.5 Å². The molecule has 0 amide bonds. The third-order valence-corrected chi connectivity index (χ3v) is 6.11. The van der Waals surface area contributed by atoms with Crippen molar-refractivity contribution in [2.24, 2.45) is 0 Å². The summed E-state index contributed by atoms with van der Waals surface area (Å²) in [6.07, 6.45) is 11.8. The predicted molar refractivity (Wildman–Crippen MR) is 120 cm³/mol. The maximum absolute atomic E-state index is 5.52. The molecule has 31 heavy (non-hydrogen) atoms. The molecule has 0 spiro atoms. The summed E-state index contributed by atoms with van der Waals surface area (Å²) >= 11 is 0. The van der Waals surface area contributed by atoms with Crippen LogP contribution in [0.4, 0.5) is 5.95 Å². The molecule has 0 aliphatic carbocycles. The van der Waals surface area contributed by atoms with Crippen LogP contribution in [0.2, 0.25) is 0 Å². The summed E-state index contributed by atoms with van der Waals surface area (Å²) in [4.78, 5) is 23.1. The summed E-state index contributed by atoms with van der Waals surface area (Å²) in [7, 11) is 0. The number of aromatic nitrogens is 4. The van der Waals surface area contributed by atoms with E-state index in [1.54, 1.807) is 0 Å². The lowest BCUT2D eigenvalue weighted by Crippen LogP contribution is -2.38. The van der Waals surface area contributed by atoms with Crippen LogP contribution in [0.5, 0.6) is 0 Å². The fraction of sp³-hybridized carbons (Fsp3) is 0.417. The first-order valence-electron chi connectivity index (χ1n) is 11.1. The molecule has 5 heterocycles. The van der Waals surface area contributed by atoms with Gasteiger partial charge in [-0.25, -0.2) is 9.97 Å². The van der Waals surface area contributed by atoms with Crippen molar-refractivity contribution in [3.05, 3.63) is 66.5 Å². The van der Waals surface area contributed by atoms with Gasteiger partial charge in [-0.15, -0.1) is 0 Å². The number of rotatable bonds is 5. The van der Waals surface area contributed by atoms with Crippen molar-refractivity contribution in [1.82, 2.24) is 24.8 Å². The zero-order valence-corrected chi connectivity index (χ0v) is 17.7. The smallest absolute Gasteiger partial charge is 0.225 e. The number of likely N-dealkylation sites (tertiary alicyclic amines) is 1. The van der Waals surface area contributed by atoms with Gasteiger partial charge < -0.3 is 9.64 Å². The summed E-state index contributed by atoms with van der Waals surface area (Å²) in [5, 5.41) is 0. The zero-order valence-electron chi connectivity index (χ0n) is 17.7. The average molecular weight is 417 g/mol. The molecule has 3 aromatic heterocycles. The van der Waals surface area contributed by atoms with Gasteiger partial charge in [-0.05, 0) is 48.7 Å². The molecule has 0 aromatic carbocycles. The molecule has 160 valence electrons. The van der Waals surface area contributed by atoms with E-state index in [1.165, 1.54) is 5.56 Å². The third-order valence-electron chi connectivity index (χ3n) is 6.11. The molecular weight excluding hydrogens is 388 g/mol. The van der Waals surface area contributed by atoms with Gasteiger partial charge in [0.25, 0.3) is 0 Å². The minimum atomic E-state index is 0.372. The van der Waals surface area contributed by atoms with E-state index < -0.39 is 0 Å². The molecule has 2 aliphatic heterocycles. The van der Waals surface area contributed by atoms with Crippen molar-refractivity contribution >= 4 is 5.95 Å². The number of hydrogen-bond donors (Lipinski definition) is 0. The molecule has 1 unspecified atom stereocenters. The summed E-state index contributed by atoms with van der Waals surface area (Å²) in [5.74, 6) is 1.19. The number of pyridine rings is 2. The van der Waals surface area contributed by atoms with E-state index >= 15 is 0 Å². The van der Waals surface area contributed by atoms with Crippen LogP contribution in [-0.2, 0) is 11.3 Å². The highest BCUT2D eigenvalue weighted by molar-refractivity contribution is 5.66. The van der Waals surface area contributed by atoms with E-state index in [1.807, 2.05) is 49.2 Å². The second kappa shape index (κ2) is 9.49. The standard InChI is InChI=1S/C24H28N6O/c1-3-19(15-26-7-1)17-29-10-2-4-21(18-29)23-22(20-5-8-25-9-6-20)16-27-24(28-23)30-11-13-31-14-12-30/h1,3,5-9,15-16,21H,2,4,10-14,17-18H2. The van der Waals surface area contributed by atoms with Crippen LogP contribution in [0.25, 0.3) is 11.1 Å². The first-order chi connectivity index (χ1) is 15.4. The molecule has 7 heteroatoms. The lowest BCUT2D eigenvalue weighted by atomic mass is 9.90. The van der Waals surface area contributed by atoms with E-state index in [9.17, 15) is 0 Å². The zero-order chi connectivity index (χ0) is 20.9. The largest absolute Gasteiger partial charge is 0.378 e. The lowest BCUT2D eigenvalue weighted by Gasteiger charge is -2.34. The molecule has 0 radical (unpaired) electrons. The molecule has 3 aromatic rings. The second-order valence-electron chi connectivity index (χ2n) is 8.24.